The summed E-state index contributed by atoms with van der Waals surface area (Å²) < 4.78 is 0. The van der Waals surface area contributed by atoms with Crippen molar-refractivity contribution in [1.82, 2.24) is 20.4 Å². The fourth-order valence-corrected chi connectivity index (χ4v) is 5.66. The van der Waals surface area contributed by atoms with Gasteiger partial charge in [-0.3, -0.25) is 19.4 Å². The lowest BCUT2D eigenvalue weighted by atomic mass is 10.0. The van der Waals surface area contributed by atoms with Crippen molar-refractivity contribution < 1.29 is 9.59 Å². The predicted molar refractivity (Wildman–Crippen MR) is 141 cm³/mol. The van der Waals surface area contributed by atoms with Gasteiger partial charge in [0, 0.05) is 55.2 Å². The second-order valence-corrected chi connectivity index (χ2v) is 10.2. The number of amides is 2. The van der Waals surface area contributed by atoms with Gasteiger partial charge in [0.1, 0.15) is 0 Å². The second-order valence-electron chi connectivity index (χ2n) is 8.79. The molecule has 2 amide bonds. The molecule has 2 heterocycles. The first-order chi connectivity index (χ1) is 17.0. The molecule has 35 heavy (non-hydrogen) atoms. The Bertz CT molecular complexity index is 1100. The van der Waals surface area contributed by atoms with Gasteiger partial charge in [-0.15, -0.1) is 11.3 Å². The minimum absolute atomic E-state index is 0.00851. The lowest BCUT2D eigenvalue weighted by molar-refractivity contribution is -0.140. The fourth-order valence-electron chi connectivity index (χ4n) is 4.49. The molecule has 1 fully saturated rings. The quantitative estimate of drug-likeness (QED) is 0.448. The highest BCUT2D eigenvalue weighted by Crippen LogP contribution is 2.29. The highest BCUT2D eigenvalue weighted by Gasteiger charge is 2.31. The molecule has 0 aliphatic carbocycles. The van der Waals surface area contributed by atoms with Gasteiger partial charge in [0.05, 0.1) is 6.04 Å². The molecular weight excluding hydrogens is 480 g/mol. The molecule has 8 heteroatoms. The second kappa shape index (κ2) is 12.3. The van der Waals surface area contributed by atoms with Crippen LogP contribution in [0.15, 0.2) is 72.1 Å². The highest BCUT2D eigenvalue weighted by atomic mass is 35.5. The summed E-state index contributed by atoms with van der Waals surface area (Å²) in [5.41, 5.74) is 2.09. The van der Waals surface area contributed by atoms with E-state index >= 15 is 0 Å². The van der Waals surface area contributed by atoms with Gasteiger partial charge in [0.25, 0.3) is 0 Å². The molecule has 1 aliphatic heterocycles. The topological polar surface area (TPSA) is 64.7 Å². The maximum atomic E-state index is 12.7. The average molecular weight is 511 g/mol. The third-order valence-electron chi connectivity index (χ3n) is 6.32. The van der Waals surface area contributed by atoms with Crippen LogP contribution in [0.4, 0.5) is 0 Å². The molecular formula is C27H31ClN4O2S. The minimum Gasteiger partial charge on any atom is -0.344 e. The summed E-state index contributed by atoms with van der Waals surface area (Å²) >= 11 is 7.83. The van der Waals surface area contributed by atoms with Gasteiger partial charge in [0.2, 0.25) is 0 Å². The van der Waals surface area contributed by atoms with Gasteiger partial charge in [-0.1, -0.05) is 66.2 Å². The van der Waals surface area contributed by atoms with Crippen molar-refractivity contribution in [3.63, 3.8) is 0 Å². The lowest BCUT2D eigenvalue weighted by Gasteiger charge is -2.41. The predicted octanol–water partition coefficient (Wildman–Crippen LogP) is 4.08. The van der Waals surface area contributed by atoms with Crippen LogP contribution in [0.5, 0.6) is 0 Å². The van der Waals surface area contributed by atoms with E-state index in [0.717, 1.165) is 38.3 Å². The number of halogens is 1. The number of carbonyl (C=O) groups excluding carboxylic acids is 2. The number of thiophene rings is 1. The van der Waals surface area contributed by atoms with E-state index in [0.29, 0.717) is 5.02 Å². The van der Waals surface area contributed by atoms with Gasteiger partial charge < -0.3 is 10.6 Å². The summed E-state index contributed by atoms with van der Waals surface area (Å²) in [6, 6.07) is 21.7. The number of hydrogen-bond acceptors (Lipinski definition) is 5. The normalized spacial score (nSPS) is 16.4. The number of benzene rings is 2. The van der Waals surface area contributed by atoms with Crippen LogP contribution in [-0.4, -0.2) is 53.8 Å². The van der Waals surface area contributed by atoms with Gasteiger partial charge in [-0.25, -0.2) is 0 Å². The van der Waals surface area contributed by atoms with Gasteiger partial charge in [0.15, 0.2) is 0 Å². The molecule has 0 saturated carbocycles. The van der Waals surface area contributed by atoms with Crippen molar-refractivity contribution in [3.8, 4) is 0 Å². The Morgan fingerprint density at radius 2 is 1.66 bits per heavy atom. The van der Waals surface area contributed by atoms with Crippen molar-refractivity contribution in [3.05, 3.63) is 93.1 Å². The molecule has 184 valence electrons. The first kappa shape index (κ1) is 25.4. The lowest BCUT2D eigenvalue weighted by Crippen LogP contribution is -2.53. The number of hydrogen-bond donors (Lipinski definition) is 2. The van der Waals surface area contributed by atoms with E-state index in [1.165, 1.54) is 10.4 Å². The molecule has 2 N–H and O–H groups in total. The van der Waals surface area contributed by atoms with Gasteiger partial charge >= 0.3 is 11.8 Å². The van der Waals surface area contributed by atoms with Gasteiger partial charge in [-0.05, 0) is 35.6 Å². The van der Waals surface area contributed by atoms with Crippen LogP contribution in [0.3, 0.4) is 0 Å². The Kier molecular flexibility index (Phi) is 8.93. The van der Waals surface area contributed by atoms with Crippen molar-refractivity contribution in [2.45, 2.75) is 32.1 Å². The first-order valence-corrected chi connectivity index (χ1v) is 13.1. The SMILES string of the molecule is C[C@H](NC(=O)C(=O)NCc1ccccc1Cl)[C@H](c1cccs1)N1CCN(Cc2ccccc2)CC1. The van der Waals surface area contributed by atoms with Crippen LogP contribution in [-0.2, 0) is 22.7 Å². The molecule has 0 unspecified atom stereocenters. The number of carbonyl (C=O) groups is 2. The molecule has 3 aromatic rings. The van der Waals surface area contributed by atoms with Crippen LogP contribution in [0.25, 0.3) is 0 Å². The maximum Gasteiger partial charge on any atom is 0.309 e. The van der Waals surface area contributed by atoms with Crippen LogP contribution < -0.4 is 10.6 Å². The Balaban J connectivity index is 1.34. The molecule has 0 bridgehead atoms. The van der Waals surface area contributed by atoms with Crippen molar-refractivity contribution in [1.29, 1.82) is 0 Å². The highest BCUT2D eigenvalue weighted by molar-refractivity contribution is 7.10. The Hall–Kier alpha value is -2.71. The third kappa shape index (κ3) is 6.92. The Morgan fingerprint density at radius 3 is 2.34 bits per heavy atom. The Morgan fingerprint density at radius 1 is 0.943 bits per heavy atom. The summed E-state index contributed by atoms with van der Waals surface area (Å²) in [4.78, 5) is 31.2. The zero-order valence-corrected chi connectivity index (χ0v) is 21.4. The average Bonchev–Trinajstić information content (AvgIpc) is 3.39. The van der Waals surface area contributed by atoms with Crippen LogP contribution in [0.1, 0.15) is 29.0 Å². The molecule has 0 radical (unpaired) electrons. The molecule has 0 spiro atoms. The number of nitrogens with zero attached hydrogens (tertiary/aromatic N) is 2. The number of rotatable bonds is 8. The largest absolute Gasteiger partial charge is 0.344 e. The maximum absolute atomic E-state index is 12.7. The van der Waals surface area contributed by atoms with E-state index < -0.39 is 11.8 Å². The summed E-state index contributed by atoms with van der Waals surface area (Å²) in [5.74, 6) is -1.29. The first-order valence-electron chi connectivity index (χ1n) is 11.9. The summed E-state index contributed by atoms with van der Waals surface area (Å²) in [7, 11) is 0. The molecule has 2 atom stereocenters. The van der Waals surface area contributed by atoms with E-state index in [-0.39, 0.29) is 18.6 Å². The van der Waals surface area contributed by atoms with E-state index in [2.05, 4.69) is 56.1 Å². The molecule has 1 aromatic heterocycles. The van der Waals surface area contributed by atoms with Crippen molar-refractivity contribution in [2.75, 3.05) is 26.2 Å². The number of nitrogens with one attached hydrogen (secondary N) is 2. The summed E-state index contributed by atoms with van der Waals surface area (Å²) in [5, 5.41) is 8.22. The molecule has 1 saturated heterocycles. The Labute approximate surface area is 215 Å². The molecule has 4 rings (SSSR count). The van der Waals surface area contributed by atoms with Crippen molar-refractivity contribution in [2.24, 2.45) is 0 Å². The number of piperazine rings is 1. The van der Waals surface area contributed by atoms with E-state index in [1.54, 1.807) is 17.4 Å². The molecule has 6 nitrogen and oxygen atoms in total. The fraction of sp³-hybridized carbons (Fsp3) is 0.333. The molecule has 2 aromatic carbocycles. The third-order valence-corrected chi connectivity index (χ3v) is 7.63. The van der Waals surface area contributed by atoms with E-state index in [9.17, 15) is 9.59 Å². The zero-order valence-electron chi connectivity index (χ0n) is 19.8. The summed E-state index contributed by atoms with van der Waals surface area (Å²) in [6.07, 6.45) is 0. The smallest absolute Gasteiger partial charge is 0.309 e. The summed E-state index contributed by atoms with van der Waals surface area (Å²) in [6.45, 7) is 6.82. The molecule has 1 aliphatic rings. The van der Waals surface area contributed by atoms with Crippen LogP contribution in [0, 0.1) is 0 Å². The van der Waals surface area contributed by atoms with Crippen LogP contribution in [0.2, 0.25) is 5.02 Å². The monoisotopic (exact) mass is 510 g/mol. The minimum atomic E-state index is -0.658. The standard InChI is InChI=1S/C27H31ClN4O2S/c1-20(30-27(34)26(33)29-18-22-10-5-6-11-23(22)28)25(24-12-7-17-35-24)32-15-13-31(14-16-32)19-21-8-3-2-4-9-21/h2-12,17,20,25H,13-16,18-19H2,1H3,(H,29,33)(H,30,34)/t20-,25+/m0/s1. The van der Waals surface area contributed by atoms with E-state index in [1.807, 2.05) is 37.3 Å². The zero-order chi connectivity index (χ0) is 24.6. The van der Waals surface area contributed by atoms with Gasteiger partial charge in [-0.2, -0.15) is 0 Å². The van der Waals surface area contributed by atoms with Crippen LogP contribution >= 0.6 is 22.9 Å². The van der Waals surface area contributed by atoms with E-state index in [4.69, 9.17) is 11.6 Å². The van der Waals surface area contributed by atoms with Crippen molar-refractivity contribution >= 4 is 34.8 Å².